The Balaban J connectivity index is 2.84. The fraction of sp³-hybridized carbons (Fsp3) is 0.600. The topological polar surface area (TPSA) is 39.7 Å². The molecule has 0 amide bonds. The van der Waals surface area contributed by atoms with Gasteiger partial charge in [-0.25, -0.2) is 0 Å². The van der Waals surface area contributed by atoms with Crippen molar-refractivity contribution in [1.29, 1.82) is 0 Å². The molecule has 1 aromatic carbocycles. The molecule has 0 atom stereocenters. The fourth-order valence-electron chi connectivity index (χ4n) is 1.83. The van der Waals surface area contributed by atoms with Crippen LogP contribution < -0.4 is 19.5 Å². The Morgan fingerprint density at radius 2 is 1.80 bits per heavy atom. The van der Waals surface area contributed by atoms with Crippen molar-refractivity contribution in [3.05, 3.63) is 17.7 Å². The van der Waals surface area contributed by atoms with Crippen LogP contribution in [0.4, 0.5) is 0 Å². The summed E-state index contributed by atoms with van der Waals surface area (Å²) in [7, 11) is 3.31. The molecule has 0 spiro atoms. The van der Waals surface area contributed by atoms with Gasteiger partial charge in [-0.2, -0.15) is 11.8 Å². The molecule has 20 heavy (non-hydrogen) atoms. The third kappa shape index (κ3) is 5.13. The first-order valence-corrected chi connectivity index (χ1v) is 8.23. The molecule has 0 heterocycles. The van der Waals surface area contributed by atoms with Gasteiger partial charge in [0.05, 0.1) is 20.8 Å². The van der Waals surface area contributed by atoms with Crippen LogP contribution in [0.5, 0.6) is 17.2 Å². The highest BCUT2D eigenvalue weighted by Gasteiger charge is 2.14. The Hall–Kier alpha value is -1.07. The monoisotopic (exact) mass is 299 g/mol. The molecule has 0 saturated heterocycles. The lowest BCUT2D eigenvalue weighted by Crippen LogP contribution is -2.12. The van der Waals surface area contributed by atoms with Gasteiger partial charge in [0.1, 0.15) is 0 Å². The second-order valence-electron chi connectivity index (χ2n) is 4.30. The number of hydrogen-bond donors (Lipinski definition) is 1. The average Bonchev–Trinajstić information content (AvgIpc) is 2.49. The molecule has 1 N–H and O–H groups in total. The molecule has 5 heteroatoms. The largest absolute Gasteiger partial charge is 0.493 e. The zero-order valence-electron chi connectivity index (χ0n) is 12.8. The van der Waals surface area contributed by atoms with Crippen molar-refractivity contribution in [3.8, 4) is 17.2 Å². The maximum atomic E-state index is 5.83. The third-order valence-electron chi connectivity index (χ3n) is 2.84. The second-order valence-corrected chi connectivity index (χ2v) is 5.29. The first kappa shape index (κ1) is 17.0. The highest BCUT2D eigenvalue weighted by molar-refractivity contribution is 7.98. The van der Waals surface area contributed by atoms with Crippen molar-refractivity contribution >= 4 is 11.8 Å². The van der Waals surface area contributed by atoms with E-state index in [1.807, 2.05) is 23.9 Å². The summed E-state index contributed by atoms with van der Waals surface area (Å²) in [6, 6.07) is 3.99. The number of thioether (sulfide) groups is 1. The Labute approximate surface area is 126 Å². The summed E-state index contributed by atoms with van der Waals surface area (Å²) in [6.45, 7) is 4.46. The normalized spacial score (nSPS) is 10.4. The molecule has 0 aliphatic heterocycles. The summed E-state index contributed by atoms with van der Waals surface area (Å²) in [6.07, 6.45) is 3.10. The molecule has 0 unspecified atom stereocenters. The van der Waals surface area contributed by atoms with E-state index >= 15 is 0 Å². The number of nitrogens with one attached hydrogen (secondary N) is 1. The number of ether oxygens (including phenoxy) is 3. The number of methoxy groups -OCH3 is 2. The highest BCUT2D eigenvalue weighted by atomic mass is 32.2. The van der Waals surface area contributed by atoms with Gasteiger partial charge in [-0.05, 0) is 42.7 Å². The van der Waals surface area contributed by atoms with E-state index in [1.54, 1.807) is 14.2 Å². The molecule has 0 saturated carbocycles. The number of hydrogen-bond acceptors (Lipinski definition) is 5. The van der Waals surface area contributed by atoms with E-state index in [2.05, 4.69) is 18.5 Å². The molecule has 0 aliphatic carbocycles. The van der Waals surface area contributed by atoms with E-state index in [0.29, 0.717) is 12.4 Å². The lowest BCUT2D eigenvalue weighted by Gasteiger charge is -2.16. The molecule has 1 rings (SSSR count). The summed E-state index contributed by atoms with van der Waals surface area (Å²) in [5.41, 5.74) is 1.12. The van der Waals surface area contributed by atoms with Gasteiger partial charge in [0.15, 0.2) is 11.5 Å². The smallest absolute Gasteiger partial charge is 0.203 e. The predicted octanol–water partition coefficient (Wildman–Crippen LogP) is 2.95. The van der Waals surface area contributed by atoms with Crippen LogP contribution in [0, 0.1) is 0 Å². The maximum absolute atomic E-state index is 5.83. The number of rotatable bonds is 10. The van der Waals surface area contributed by atoms with Crippen molar-refractivity contribution in [3.63, 3.8) is 0 Å². The van der Waals surface area contributed by atoms with Crippen LogP contribution >= 0.6 is 11.8 Å². The molecular weight excluding hydrogens is 274 g/mol. The molecule has 0 fully saturated rings. The highest BCUT2D eigenvalue weighted by Crippen LogP contribution is 2.38. The Kier molecular flexibility index (Phi) is 8.30. The van der Waals surface area contributed by atoms with Crippen molar-refractivity contribution in [2.45, 2.75) is 19.9 Å². The van der Waals surface area contributed by atoms with Gasteiger partial charge >= 0.3 is 0 Å². The molecule has 0 aliphatic rings. The Morgan fingerprint density at radius 3 is 2.30 bits per heavy atom. The van der Waals surface area contributed by atoms with Gasteiger partial charge < -0.3 is 19.5 Å². The lowest BCUT2D eigenvalue weighted by molar-refractivity contribution is 0.275. The Morgan fingerprint density at radius 1 is 1.15 bits per heavy atom. The Bertz CT molecular complexity index is 374. The first-order valence-electron chi connectivity index (χ1n) is 6.84. The van der Waals surface area contributed by atoms with Gasteiger partial charge in [0.2, 0.25) is 5.75 Å². The molecule has 4 nitrogen and oxygen atoms in total. The molecule has 114 valence electrons. The summed E-state index contributed by atoms with van der Waals surface area (Å²) in [5, 5.41) is 3.29. The van der Waals surface area contributed by atoms with Crippen LogP contribution in [0.3, 0.4) is 0 Å². The summed E-state index contributed by atoms with van der Waals surface area (Å²) in [4.78, 5) is 0. The third-order valence-corrected chi connectivity index (χ3v) is 3.54. The van der Waals surface area contributed by atoms with E-state index in [0.717, 1.165) is 42.3 Å². The van der Waals surface area contributed by atoms with Gasteiger partial charge in [0, 0.05) is 6.54 Å². The zero-order valence-corrected chi connectivity index (χ0v) is 13.6. The zero-order chi connectivity index (χ0) is 14.8. The van der Waals surface area contributed by atoms with Crippen molar-refractivity contribution < 1.29 is 14.2 Å². The number of benzene rings is 1. The van der Waals surface area contributed by atoms with Gasteiger partial charge in [-0.15, -0.1) is 0 Å². The first-order chi connectivity index (χ1) is 9.76. The van der Waals surface area contributed by atoms with Crippen molar-refractivity contribution in [2.75, 3.05) is 39.4 Å². The summed E-state index contributed by atoms with van der Waals surface area (Å²) in [5.74, 6) is 3.22. The average molecular weight is 299 g/mol. The van der Waals surface area contributed by atoms with Gasteiger partial charge in [0.25, 0.3) is 0 Å². The molecule has 0 radical (unpaired) electrons. The van der Waals surface area contributed by atoms with E-state index in [1.165, 1.54) is 0 Å². The van der Waals surface area contributed by atoms with Crippen molar-refractivity contribution in [2.24, 2.45) is 0 Å². The second kappa shape index (κ2) is 9.77. The minimum atomic E-state index is 0.667. The summed E-state index contributed by atoms with van der Waals surface area (Å²) < 4.78 is 16.7. The van der Waals surface area contributed by atoms with E-state index in [-0.39, 0.29) is 0 Å². The van der Waals surface area contributed by atoms with E-state index in [9.17, 15) is 0 Å². The lowest BCUT2D eigenvalue weighted by atomic mass is 10.1. The standard InChI is InChI=1S/C15H25NO3S/c1-5-16-11-12-9-13(17-2)15(14(10-12)18-3)19-7-6-8-20-4/h9-10,16H,5-8,11H2,1-4H3. The maximum Gasteiger partial charge on any atom is 0.203 e. The molecular formula is C15H25NO3S. The minimum absolute atomic E-state index is 0.667. The molecule has 0 bridgehead atoms. The SMILES string of the molecule is CCNCc1cc(OC)c(OCCCSC)c(OC)c1. The molecule has 0 aromatic heterocycles. The predicted molar refractivity (Wildman–Crippen MR) is 85.4 cm³/mol. The van der Waals surface area contributed by atoms with Crippen LogP contribution in [0.2, 0.25) is 0 Å². The molecule has 1 aromatic rings. The fourth-order valence-corrected chi connectivity index (χ4v) is 2.23. The van der Waals surface area contributed by atoms with Crippen LogP contribution in [-0.2, 0) is 6.54 Å². The van der Waals surface area contributed by atoms with Gasteiger partial charge in [-0.1, -0.05) is 6.92 Å². The van der Waals surface area contributed by atoms with Crippen molar-refractivity contribution in [1.82, 2.24) is 5.32 Å². The summed E-state index contributed by atoms with van der Waals surface area (Å²) >= 11 is 1.82. The van der Waals surface area contributed by atoms with Crippen LogP contribution in [-0.4, -0.2) is 39.4 Å². The van der Waals surface area contributed by atoms with Crippen LogP contribution in [0.25, 0.3) is 0 Å². The van der Waals surface area contributed by atoms with E-state index in [4.69, 9.17) is 14.2 Å². The van der Waals surface area contributed by atoms with Crippen LogP contribution in [0.15, 0.2) is 12.1 Å². The van der Waals surface area contributed by atoms with Crippen LogP contribution in [0.1, 0.15) is 18.9 Å². The van der Waals surface area contributed by atoms with Gasteiger partial charge in [-0.3, -0.25) is 0 Å². The quantitative estimate of drug-likeness (QED) is 0.673. The minimum Gasteiger partial charge on any atom is -0.493 e. The van der Waals surface area contributed by atoms with E-state index < -0.39 is 0 Å².